The first kappa shape index (κ1) is 13.9. The number of rotatable bonds is 2. The Morgan fingerprint density at radius 2 is 1.78 bits per heavy atom. The first-order valence-corrected chi connectivity index (χ1v) is 7.48. The van der Waals surface area contributed by atoms with Crippen molar-refractivity contribution in [2.24, 2.45) is 5.41 Å². The van der Waals surface area contributed by atoms with Gasteiger partial charge in [-0.15, -0.1) is 0 Å². The molecule has 0 spiro atoms. The molecular formula is C15H27NO2. The predicted molar refractivity (Wildman–Crippen MR) is 72.6 cm³/mol. The molecule has 0 aromatic carbocycles. The van der Waals surface area contributed by atoms with E-state index in [4.69, 9.17) is 0 Å². The zero-order valence-electron chi connectivity index (χ0n) is 11.8. The van der Waals surface area contributed by atoms with Gasteiger partial charge in [-0.2, -0.15) is 0 Å². The van der Waals surface area contributed by atoms with E-state index >= 15 is 0 Å². The molecule has 2 aliphatic rings. The molecular weight excluding hydrogens is 226 g/mol. The smallest absolute Gasteiger partial charge is 0.320 e. The van der Waals surface area contributed by atoms with E-state index in [-0.39, 0.29) is 6.04 Å². The molecule has 0 bridgehead atoms. The summed E-state index contributed by atoms with van der Waals surface area (Å²) in [6.45, 7) is 5.66. The van der Waals surface area contributed by atoms with E-state index in [1.807, 2.05) is 0 Å². The van der Waals surface area contributed by atoms with E-state index in [1.54, 1.807) is 0 Å². The molecule has 1 saturated carbocycles. The molecule has 3 heteroatoms. The Morgan fingerprint density at radius 1 is 1.11 bits per heavy atom. The molecule has 0 radical (unpaired) electrons. The average molecular weight is 253 g/mol. The minimum absolute atomic E-state index is 0.223. The second-order valence-corrected chi connectivity index (χ2v) is 6.84. The highest BCUT2D eigenvalue weighted by atomic mass is 16.4. The highest BCUT2D eigenvalue weighted by molar-refractivity contribution is 5.73. The van der Waals surface area contributed by atoms with E-state index in [2.05, 4.69) is 18.7 Å². The molecule has 0 amide bonds. The zero-order chi connectivity index (χ0) is 13.2. The van der Waals surface area contributed by atoms with Crippen LogP contribution in [-0.2, 0) is 4.79 Å². The summed E-state index contributed by atoms with van der Waals surface area (Å²) in [5, 5.41) is 9.43. The van der Waals surface area contributed by atoms with Crippen LogP contribution in [0.4, 0.5) is 0 Å². The van der Waals surface area contributed by atoms with Gasteiger partial charge in [0.25, 0.3) is 0 Å². The molecule has 3 nitrogen and oxygen atoms in total. The van der Waals surface area contributed by atoms with Crippen LogP contribution in [0.25, 0.3) is 0 Å². The first-order valence-electron chi connectivity index (χ1n) is 7.48. The van der Waals surface area contributed by atoms with Crippen molar-refractivity contribution in [1.82, 2.24) is 4.90 Å². The van der Waals surface area contributed by atoms with Gasteiger partial charge in [-0.3, -0.25) is 9.69 Å². The lowest BCUT2D eigenvalue weighted by Crippen LogP contribution is -2.48. The number of carboxylic acid groups (broad SMARTS) is 1. The fourth-order valence-electron chi connectivity index (χ4n) is 3.55. The highest BCUT2D eigenvalue weighted by Crippen LogP contribution is 2.38. The maximum Gasteiger partial charge on any atom is 0.320 e. The van der Waals surface area contributed by atoms with Crippen LogP contribution >= 0.6 is 0 Å². The van der Waals surface area contributed by atoms with E-state index in [0.717, 1.165) is 19.4 Å². The summed E-state index contributed by atoms with van der Waals surface area (Å²) in [5.74, 6) is -0.610. The Labute approximate surface area is 111 Å². The van der Waals surface area contributed by atoms with Crippen LogP contribution in [0.2, 0.25) is 0 Å². The Bertz CT molecular complexity index is 291. The van der Waals surface area contributed by atoms with Crippen LogP contribution in [-0.4, -0.2) is 34.6 Å². The second-order valence-electron chi connectivity index (χ2n) is 6.84. The van der Waals surface area contributed by atoms with Crippen molar-refractivity contribution in [3.63, 3.8) is 0 Å². The topological polar surface area (TPSA) is 40.5 Å². The molecule has 1 aliphatic heterocycles. The van der Waals surface area contributed by atoms with Gasteiger partial charge in [-0.05, 0) is 50.5 Å². The minimum Gasteiger partial charge on any atom is -0.480 e. The summed E-state index contributed by atoms with van der Waals surface area (Å²) in [6.07, 6.45) is 9.11. The maximum atomic E-state index is 11.4. The molecule has 2 fully saturated rings. The largest absolute Gasteiger partial charge is 0.480 e. The molecule has 1 aliphatic carbocycles. The molecule has 1 unspecified atom stereocenters. The van der Waals surface area contributed by atoms with Gasteiger partial charge in [0.1, 0.15) is 6.04 Å². The standard InChI is InChI=1S/C15H27NO2/c1-15(2)9-7-12(8-10-15)16-11-5-3-4-6-13(16)14(17)18/h12-13H,3-11H2,1-2H3,(H,17,18). The third kappa shape index (κ3) is 3.25. The third-order valence-electron chi connectivity index (χ3n) is 4.86. The number of likely N-dealkylation sites (tertiary alicyclic amines) is 1. The third-order valence-corrected chi connectivity index (χ3v) is 4.86. The van der Waals surface area contributed by atoms with Crippen molar-refractivity contribution in [3.8, 4) is 0 Å². The normalized spacial score (nSPS) is 30.9. The molecule has 1 N–H and O–H groups in total. The number of hydrogen-bond donors (Lipinski definition) is 1. The lowest BCUT2D eigenvalue weighted by atomic mass is 9.75. The Morgan fingerprint density at radius 3 is 2.39 bits per heavy atom. The summed E-state index contributed by atoms with van der Waals surface area (Å²) in [4.78, 5) is 13.8. The van der Waals surface area contributed by atoms with Crippen molar-refractivity contribution >= 4 is 5.97 Å². The van der Waals surface area contributed by atoms with E-state index in [0.29, 0.717) is 11.5 Å². The molecule has 1 heterocycles. The van der Waals surface area contributed by atoms with Gasteiger partial charge < -0.3 is 5.11 Å². The molecule has 18 heavy (non-hydrogen) atoms. The van der Waals surface area contributed by atoms with Gasteiger partial charge in [0.2, 0.25) is 0 Å². The lowest BCUT2D eigenvalue weighted by molar-refractivity contribution is -0.145. The minimum atomic E-state index is -0.610. The SMILES string of the molecule is CC1(C)CCC(N2CCCCCC2C(=O)O)CC1. The van der Waals surface area contributed by atoms with Gasteiger partial charge in [0, 0.05) is 6.04 Å². The number of hydrogen-bond acceptors (Lipinski definition) is 2. The lowest BCUT2D eigenvalue weighted by Gasteiger charge is -2.42. The number of nitrogens with zero attached hydrogens (tertiary/aromatic N) is 1. The number of carboxylic acids is 1. The van der Waals surface area contributed by atoms with Crippen molar-refractivity contribution in [2.75, 3.05) is 6.54 Å². The monoisotopic (exact) mass is 253 g/mol. The van der Waals surface area contributed by atoms with Crippen LogP contribution in [0, 0.1) is 5.41 Å². The van der Waals surface area contributed by atoms with E-state index in [9.17, 15) is 9.90 Å². The van der Waals surface area contributed by atoms with Gasteiger partial charge in [-0.1, -0.05) is 26.7 Å². The summed E-state index contributed by atoms with van der Waals surface area (Å²) in [5.41, 5.74) is 0.459. The summed E-state index contributed by atoms with van der Waals surface area (Å²) in [6, 6.07) is 0.288. The van der Waals surface area contributed by atoms with Crippen molar-refractivity contribution in [1.29, 1.82) is 0 Å². The van der Waals surface area contributed by atoms with Gasteiger partial charge in [-0.25, -0.2) is 0 Å². The second kappa shape index (κ2) is 5.60. The van der Waals surface area contributed by atoms with Crippen LogP contribution in [0.3, 0.4) is 0 Å². The number of carbonyl (C=O) groups is 1. The zero-order valence-corrected chi connectivity index (χ0v) is 11.8. The van der Waals surface area contributed by atoms with Crippen LogP contribution in [0.1, 0.15) is 65.2 Å². The summed E-state index contributed by atoms with van der Waals surface area (Å²) < 4.78 is 0. The van der Waals surface area contributed by atoms with Crippen molar-refractivity contribution in [3.05, 3.63) is 0 Å². The van der Waals surface area contributed by atoms with E-state index in [1.165, 1.54) is 38.5 Å². The Balaban J connectivity index is 2.02. The van der Waals surface area contributed by atoms with Crippen LogP contribution in [0.15, 0.2) is 0 Å². The fraction of sp³-hybridized carbons (Fsp3) is 0.933. The molecule has 1 atom stereocenters. The quantitative estimate of drug-likeness (QED) is 0.821. The van der Waals surface area contributed by atoms with E-state index < -0.39 is 5.97 Å². The van der Waals surface area contributed by atoms with Crippen molar-refractivity contribution in [2.45, 2.75) is 77.3 Å². The first-order chi connectivity index (χ1) is 8.49. The highest BCUT2D eigenvalue weighted by Gasteiger charge is 2.36. The Hall–Kier alpha value is -0.570. The molecule has 2 rings (SSSR count). The predicted octanol–water partition coefficient (Wildman–Crippen LogP) is 3.28. The number of aliphatic carboxylic acids is 1. The fourth-order valence-corrected chi connectivity index (χ4v) is 3.55. The van der Waals surface area contributed by atoms with Gasteiger partial charge in [0.05, 0.1) is 0 Å². The molecule has 0 aromatic heterocycles. The Kier molecular flexibility index (Phi) is 4.31. The van der Waals surface area contributed by atoms with Crippen molar-refractivity contribution < 1.29 is 9.90 Å². The van der Waals surface area contributed by atoms with Gasteiger partial charge in [0.15, 0.2) is 0 Å². The summed E-state index contributed by atoms with van der Waals surface area (Å²) >= 11 is 0. The summed E-state index contributed by atoms with van der Waals surface area (Å²) in [7, 11) is 0. The van der Waals surface area contributed by atoms with Crippen LogP contribution in [0.5, 0.6) is 0 Å². The van der Waals surface area contributed by atoms with Gasteiger partial charge >= 0.3 is 5.97 Å². The molecule has 0 aromatic rings. The molecule has 1 saturated heterocycles. The molecule has 104 valence electrons. The average Bonchev–Trinajstić information content (AvgIpc) is 2.54. The van der Waals surface area contributed by atoms with Crippen LogP contribution < -0.4 is 0 Å². The maximum absolute atomic E-state index is 11.4.